The number of hydrogen-bond acceptors (Lipinski definition) is 4. The van der Waals surface area contributed by atoms with E-state index < -0.39 is 6.71 Å². The number of nitrogens with one attached hydrogen (secondary N) is 1. The second-order valence-corrected chi connectivity index (χ2v) is 1.59. The molecule has 0 aromatic carbocycles. The molecular weight excluding hydrogens is 129 g/mol. The molecule has 1 aromatic heterocycles. The van der Waals surface area contributed by atoms with Crippen molar-refractivity contribution in [3.8, 4) is 11.9 Å². The Hall–Kier alpha value is -1.82. The number of rotatable bonds is 1. The van der Waals surface area contributed by atoms with E-state index in [4.69, 9.17) is 10.5 Å². The van der Waals surface area contributed by atoms with Gasteiger partial charge in [-0.25, -0.2) is 10.5 Å². The van der Waals surface area contributed by atoms with Gasteiger partial charge in [0.25, 0.3) is 0 Å². The lowest BCUT2D eigenvalue weighted by Crippen LogP contribution is -2.28. The zero-order valence-electron chi connectivity index (χ0n) is 4.94. The van der Waals surface area contributed by atoms with Gasteiger partial charge in [-0.15, -0.1) is 0 Å². The molecule has 0 spiro atoms. The molecule has 10 heavy (non-hydrogen) atoms. The van der Waals surface area contributed by atoms with E-state index in [0.717, 1.165) is 0 Å². The van der Waals surface area contributed by atoms with Crippen LogP contribution in [0.4, 0.5) is 0 Å². The monoisotopic (exact) mass is 131 g/mol. The molecule has 1 rings (SSSR count). The van der Waals surface area contributed by atoms with Gasteiger partial charge in [0.15, 0.2) is 0 Å². The van der Waals surface area contributed by atoms with Crippen molar-refractivity contribution in [1.29, 1.82) is 10.5 Å². The molecule has 0 bridgehead atoms. The molecule has 0 amide bonds. The molecular formula is C4H2BN5. The number of H-pyrrole nitrogens is 1. The molecule has 0 atom stereocenters. The first-order valence-electron chi connectivity index (χ1n) is 2.53. The minimum Gasteiger partial charge on any atom is -0.210 e. The van der Waals surface area contributed by atoms with E-state index in [1.807, 2.05) is 0 Å². The summed E-state index contributed by atoms with van der Waals surface area (Å²) in [6, 6.07) is 0. The van der Waals surface area contributed by atoms with Crippen molar-refractivity contribution in [2.45, 2.75) is 0 Å². The Bertz CT molecular complexity index is 264. The maximum atomic E-state index is 8.34. The summed E-state index contributed by atoms with van der Waals surface area (Å²) in [7, 11) is 0. The van der Waals surface area contributed by atoms with Crippen LogP contribution in [-0.2, 0) is 0 Å². The van der Waals surface area contributed by atoms with Crippen molar-refractivity contribution in [1.82, 2.24) is 15.4 Å². The van der Waals surface area contributed by atoms with Crippen LogP contribution in [0.25, 0.3) is 0 Å². The highest BCUT2D eigenvalue weighted by Gasteiger charge is 2.18. The van der Waals surface area contributed by atoms with Crippen molar-refractivity contribution < 1.29 is 0 Å². The number of nitriles is 2. The van der Waals surface area contributed by atoms with Crippen molar-refractivity contribution in [3.63, 3.8) is 0 Å². The molecule has 0 fully saturated rings. The van der Waals surface area contributed by atoms with Crippen LogP contribution in [0.2, 0.25) is 0 Å². The molecule has 0 aliphatic rings. The standard InChI is InChI=1S/C4H2BN5/c6-2-5(3-7)4-1-8-10-9-4/h1H,(H,8,9,10). The van der Waals surface area contributed by atoms with E-state index >= 15 is 0 Å². The first-order valence-corrected chi connectivity index (χ1v) is 2.53. The lowest BCUT2D eigenvalue weighted by atomic mass is 9.51. The van der Waals surface area contributed by atoms with Crippen LogP contribution in [0.3, 0.4) is 0 Å². The summed E-state index contributed by atoms with van der Waals surface area (Å²) in [4.78, 5) is 0. The highest BCUT2D eigenvalue weighted by Crippen LogP contribution is 1.74. The minimum atomic E-state index is -0.807. The van der Waals surface area contributed by atoms with Crippen LogP contribution in [0, 0.1) is 22.5 Å². The largest absolute Gasteiger partial charge is 0.439 e. The molecule has 6 heteroatoms. The van der Waals surface area contributed by atoms with E-state index in [-0.39, 0.29) is 0 Å². The molecule has 0 aliphatic heterocycles. The van der Waals surface area contributed by atoms with E-state index in [1.54, 1.807) is 11.9 Å². The van der Waals surface area contributed by atoms with Crippen molar-refractivity contribution in [2.75, 3.05) is 0 Å². The zero-order chi connectivity index (χ0) is 7.40. The Balaban J connectivity index is 2.89. The van der Waals surface area contributed by atoms with Crippen LogP contribution < -0.4 is 5.59 Å². The lowest BCUT2D eigenvalue weighted by Gasteiger charge is -1.81. The molecule has 0 saturated carbocycles. The molecule has 0 unspecified atom stereocenters. The normalized spacial score (nSPS) is 7.80. The number of aromatic amines is 1. The average molecular weight is 131 g/mol. The molecule has 0 aliphatic carbocycles. The Morgan fingerprint density at radius 1 is 1.50 bits per heavy atom. The summed E-state index contributed by atoms with van der Waals surface area (Å²) in [6.07, 6.45) is 1.36. The summed E-state index contributed by atoms with van der Waals surface area (Å²) >= 11 is 0. The van der Waals surface area contributed by atoms with Gasteiger partial charge in [0.2, 0.25) is 0 Å². The molecule has 1 N–H and O–H groups in total. The van der Waals surface area contributed by atoms with Gasteiger partial charge in [-0.3, -0.25) is 0 Å². The topological polar surface area (TPSA) is 89.1 Å². The van der Waals surface area contributed by atoms with Gasteiger partial charge in [-0.1, -0.05) is 0 Å². The van der Waals surface area contributed by atoms with Gasteiger partial charge < -0.3 is 0 Å². The fourth-order valence-corrected chi connectivity index (χ4v) is 0.511. The lowest BCUT2D eigenvalue weighted by molar-refractivity contribution is 0.946. The predicted molar refractivity (Wildman–Crippen MR) is 33.0 cm³/mol. The average Bonchev–Trinajstić information content (AvgIpc) is 2.43. The summed E-state index contributed by atoms with van der Waals surface area (Å²) in [5.74, 6) is 3.54. The molecule has 1 heterocycles. The highest BCUT2D eigenvalue weighted by molar-refractivity contribution is 6.85. The van der Waals surface area contributed by atoms with Crippen LogP contribution in [-0.4, -0.2) is 22.1 Å². The molecule has 1 aromatic rings. The van der Waals surface area contributed by atoms with Crippen molar-refractivity contribution >= 4 is 12.3 Å². The first kappa shape index (κ1) is 6.31. The molecule has 46 valence electrons. The van der Waals surface area contributed by atoms with E-state index in [1.165, 1.54) is 6.20 Å². The van der Waals surface area contributed by atoms with Crippen LogP contribution in [0.5, 0.6) is 0 Å². The van der Waals surface area contributed by atoms with Crippen LogP contribution >= 0.6 is 0 Å². The Morgan fingerprint density at radius 3 is 2.60 bits per heavy atom. The predicted octanol–water partition coefficient (Wildman–Crippen LogP) is -1.37. The summed E-state index contributed by atoms with van der Waals surface area (Å²) in [5.41, 5.74) is 0.366. The van der Waals surface area contributed by atoms with Crippen molar-refractivity contribution in [2.24, 2.45) is 0 Å². The number of aromatic nitrogens is 3. The summed E-state index contributed by atoms with van der Waals surface area (Å²) < 4.78 is 0. The van der Waals surface area contributed by atoms with Gasteiger partial charge >= 0.3 is 6.71 Å². The van der Waals surface area contributed by atoms with Gasteiger partial charge in [-0.05, 0) is 0 Å². The summed E-state index contributed by atoms with van der Waals surface area (Å²) in [5, 5.41) is 26.0. The second-order valence-electron chi connectivity index (χ2n) is 1.59. The highest BCUT2D eigenvalue weighted by atomic mass is 15.3. The fourth-order valence-electron chi connectivity index (χ4n) is 0.511. The van der Waals surface area contributed by atoms with Crippen molar-refractivity contribution in [3.05, 3.63) is 6.20 Å². The Morgan fingerprint density at radius 2 is 2.20 bits per heavy atom. The minimum absolute atomic E-state index is 0.366. The van der Waals surface area contributed by atoms with Gasteiger partial charge in [0, 0.05) is 11.9 Å². The van der Waals surface area contributed by atoms with Gasteiger partial charge in [-0.2, -0.15) is 15.4 Å². The smallest absolute Gasteiger partial charge is 0.210 e. The summed E-state index contributed by atoms with van der Waals surface area (Å²) in [6.45, 7) is -0.807. The van der Waals surface area contributed by atoms with E-state index in [0.29, 0.717) is 5.59 Å². The molecule has 5 nitrogen and oxygen atoms in total. The third kappa shape index (κ3) is 0.956. The van der Waals surface area contributed by atoms with Crippen LogP contribution in [0.15, 0.2) is 6.20 Å². The van der Waals surface area contributed by atoms with Gasteiger partial charge in [0.1, 0.15) is 0 Å². The third-order valence-electron chi connectivity index (χ3n) is 0.988. The number of nitrogens with zero attached hydrogens (tertiary/aromatic N) is 4. The molecule has 0 radical (unpaired) electrons. The molecule has 0 saturated heterocycles. The van der Waals surface area contributed by atoms with E-state index in [2.05, 4.69) is 15.4 Å². The zero-order valence-corrected chi connectivity index (χ0v) is 4.94. The SMILES string of the molecule is N#CB(C#N)c1cn[nH]n1. The Kier molecular flexibility index (Phi) is 1.67. The number of hydrogen-bond donors (Lipinski definition) is 1. The van der Waals surface area contributed by atoms with E-state index in [9.17, 15) is 0 Å². The first-order chi connectivity index (χ1) is 4.88. The van der Waals surface area contributed by atoms with Gasteiger partial charge in [0.05, 0.1) is 11.8 Å². The van der Waals surface area contributed by atoms with Crippen LogP contribution in [0.1, 0.15) is 0 Å². The fraction of sp³-hybridized carbons (Fsp3) is 0. The third-order valence-corrected chi connectivity index (χ3v) is 0.988. The Labute approximate surface area is 57.4 Å². The maximum absolute atomic E-state index is 8.34. The second kappa shape index (κ2) is 2.65. The quantitative estimate of drug-likeness (QED) is 0.476. The maximum Gasteiger partial charge on any atom is 0.439 e.